The average molecular weight is 324 g/mol. The molecule has 3 rings (SSSR count). The molecule has 2 aromatic rings. The van der Waals surface area contributed by atoms with E-state index in [4.69, 9.17) is 0 Å². The van der Waals surface area contributed by atoms with E-state index in [-0.39, 0.29) is 5.91 Å². The number of benzene rings is 1. The molecule has 5 nitrogen and oxygen atoms in total. The van der Waals surface area contributed by atoms with Crippen molar-refractivity contribution in [1.29, 1.82) is 0 Å². The number of nitrogens with zero attached hydrogens (tertiary/aromatic N) is 2. The molecule has 0 bridgehead atoms. The molecule has 0 atom stereocenters. The van der Waals surface area contributed by atoms with Gasteiger partial charge in [0, 0.05) is 37.9 Å². The van der Waals surface area contributed by atoms with Gasteiger partial charge in [-0.2, -0.15) is 0 Å². The summed E-state index contributed by atoms with van der Waals surface area (Å²) in [4.78, 5) is 18.3. The fourth-order valence-corrected chi connectivity index (χ4v) is 2.85. The molecule has 0 spiro atoms. The average Bonchev–Trinajstić information content (AvgIpc) is 3.17. The summed E-state index contributed by atoms with van der Waals surface area (Å²) in [5, 5.41) is 6.46. The summed E-state index contributed by atoms with van der Waals surface area (Å²) in [6.07, 6.45) is 4.15. The lowest BCUT2D eigenvalue weighted by Crippen LogP contribution is -2.37. The third kappa shape index (κ3) is 4.55. The monoisotopic (exact) mass is 324 g/mol. The zero-order valence-corrected chi connectivity index (χ0v) is 13.9. The number of carbonyl (C=O) groups excluding carboxylic acids is 1. The van der Waals surface area contributed by atoms with Crippen molar-refractivity contribution in [2.75, 3.05) is 38.0 Å². The lowest BCUT2D eigenvalue weighted by molar-refractivity contribution is -0.129. The molecular formula is C19H24N4O. The lowest BCUT2D eigenvalue weighted by Gasteiger charge is -2.15. The zero-order valence-electron chi connectivity index (χ0n) is 13.9. The van der Waals surface area contributed by atoms with Crippen LogP contribution < -0.4 is 10.6 Å². The van der Waals surface area contributed by atoms with Crippen LogP contribution in [0.5, 0.6) is 0 Å². The highest BCUT2D eigenvalue weighted by molar-refractivity contribution is 5.78. The Kier molecular flexibility index (Phi) is 5.80. The second-order valence-electron chi connectivity index (χ2n) is 5.99. The van der Waals surface area contributed by atoms with Crippen LogP contribution in [-0.2, 0) is 4.79 Å². The highest BCUT2D eigenvalue weighted by Crippen LogP contribution is 2.18. The quantitative estimate of drug-likeness (QED) is 0.768. The number of rotatable bonds is 7. The van der Waals surface area contributed by atoms with E-state index in [2.05, 4.69) is 33.8 Å². The first-order valence-corrected chi connectivity index (χ1v) is 8.57. The van der Waals surface area contributed by atoms with Gasteiger partial charge in [0.2, 0.25) is 5.91 Å². The third-order valence-electron chi connectivity index (χ3n) is 4.21. The molecule has 24 heavy (non-hydrogen) atoms. The molecule has 126 valence electrons. The fourth-order valence-electron chi connectivity index (χ4n) is 2.85. The summed E-state index contributed by atoms with van der Waals surface area (Å²) in [7, 11) is 0. The fraction of sp³-hybridized carbons (Fsp3) is 0.368. The summed E-state index contributed by atoms with van der Waals surface area (Å²) in [6.45, 7) is 3.72. The number of hydrogen-bond donors (Lipinski definition) is 2. The Labute approximate surface area is 143 Å². The number of anilines is 1. The molecule has 0 radical (unpaired) electrons. The maximum absolute atomic E-state index is 11.9. The molecule has 1 saturated heterocycles. The summed E-state index contributed by atoms with van der Waals surface area (Å²) in [5.74, 6) is 1.06. The number of hydrogen-bond acceptors (Lipinski definition) is 4. The molecule has 1 aromatic carbocycles. The van der Waals surface area contributed by atoms with Gasteiger partial charge in [0.1, 0.15) is 5.82 Å². The third-order valence-corrected chi connectivity index (χ3v) is 4.21. The predicted octanol–water partition coefficient (Wildman–Crippen LogP) is 2.37. The first-order valence-electron chi connectivity index (χ1n) is 8.57. The number of aromatic nitrogens is 1. The molecule has 1 aromatic heterocycles. The van der Waals surface area contributed by atoms with E-state index in [0.29, 0.717) is 6.54 Å². The summed E-state index contributed by atoms with van der Waals surface area (Å²) in [5.41, 5.74) is 2.27. The molecule has 1 aliphatic heterocycles. The van der Waals surface area contributed by atoms with Crippen LogP contribution in [0, 0.1) is 0 Å². The van der Waals surface area contributed by atoms with Crippen LogP contribution in [0.2, 0.25) is 0 Å². The number of pyridine rings is 1. The summed E-state index contributed by atoms with van der Waals surface area (Å²) < 4.78 is 0. The van der Waals surface area contributed by atoms with Gasteiger partial charge in [0.15, 0.2) is 0 Å². The second kappa shape index (κ2) is 8.45. The normalized spacial score (nSPS) is 13.9. The molecule has 1 amide bonds. The minimum Gasteiger partial charge on any atom is -0.369 e. The number of amides is 1. The van der Waals surface area contributed by atoms with E-state index in [1.54, 1.807) is 0 Å². The minimum absolute atomic E-state index is 0.206. The first-order chi connectivity index (χ1) is 11.8. The number of carbonyl (C=O) groups is 1. The number of likely N-dealkylation sites (tertiary alicyclic amines) is 1. The van der Waals surface area contributed by atoms with Crippen LogP contribution in [0.25, 0.3) is 11.1 Å². The van der Waals surface area contributed by atoms with E-state index in [9.17, 15) is 4.79 Å². The molecule has 2 N–H and O–H groups in total. The van der Waals surface area contributed by atoms with Crippen molar-refractivity contribution in [3.8, 4) is 11.1 Å². The molecular weight excluding hydrogens is 300 g/mol. The van der Waals surface area contributed by atoms with Gasteiger partial charge >= 0.3 is 0 Å². The van der Waals surface area contributed by atoms with E-state index < -0.39 is 0 Å². The van der Waals surface area contributed by atoms with Crippen molar-refractivity contribution in [2.24, 2.45) is 0 Å². The van der Waals surface area contributed by atoms with Crippen LogP contribution in [0.15, 0.2) is 48.7 Å². The Balaban J connectivity index is 1.37. The first kappa shape index (κ1) is 16.5. The topological polar surface area (TPSA) is 57.3 Å². The van der Waals surface area contributed by atoms with Crippen molar-refractivity contribution in [3.05, 3.63) is 48.7 Å². The summed E-state index contributed by atoms with van der Waals surface area (Å²) >= 11 is 0. The highest BCUT2D eigenvalue weighted by atomic mass is 16.2. The van der Waals surface area contributed by atoms with Crippen LogP contribution in [0.4, 0.5) is 5.82 Å². The van der Waals surface area contributed by atoms with Gasteiger partial charge in [-0.1, -0.05) is 30.3 Å². The van der Waals surface area contributed by atoms with Gasteiger partial charge < -0.3 is 15.5 Å². The Morgan fingerprint density at radius 3 is 2.50 bits per heavy atom. The minimum atomic E-state index is 0.206. The van der Waals surface area contributed by atoms with Crippen molar-refractivity contribution in [3.63, 3.8) is 0 Å². The standard InChI is InChI=1S/C19H24N4O/c24-19(23-12-4-5-13-23)15-20-10-11-21-18-9-8-17(14-22-18)16-6-2-1-3-7-16/h1-3,6-9,14,20H,4-5,10-13,15H2,(H,21,22). The maximum Gasteiger partial charge on any atom is 0.236 e. The predicted molar refractivity (Wildman–Crippen MR) is 96.8 cm³/mol. The van der Waals surface area contributed by atoms with Crippen LogP contribution >= 0.6 is 0 Å². The Bertz CT molecular complexity index is 636. The molecule has 2 heterocycles. The lowest BCUT2D eigenvalue weighted by atomic mass is 10.1. The van der Waals surface area contributed by atoms with Gasteiger partial charge in [-0.25, -0.2) is 4.98 Å². The Morgan fingerprint density at radius 1 is 1.00 bits per heavy atom. The SMILES string of the molecule is O=C(CNCCNc1ccc(-c2ccccc2)cn1)N1CCCC1. The van der Waals surface area contributed by atoms with Gasteiger partial charge in [-0.3, -0.25) is 4.79 Å². The molecule has 0 aliphatic carbocycles. The molecule has 0 unspecified atom stereocenters. The Hall–Kier alpha value is -2.40. The van der Waals surface area contributed by atoms with Gasteiger partial charge in [-0.15, -0.1) is 0 Å². The Morgan fingerprint density at radius 2 is 1.79 bits per heavy atom. The number of nitrogens with one attached hydrogen (secondary N) is 2. The maximum atomic E-state index is 11.9. The molecule has 1 fully saturated rings. The van der Waals surface area contributed by atoms with Crippen molar-refractivity contribution >= 4 is 11.7 Å². The molecule has 0 saturated carbocycles. The van der Waals surface area contributed by atoms with E-state index in [1.807, 2.05) is 35.4 Å². The van der Waals surface area contributed by atoms with E-state index >= 15 is 0 Å². The largest absolute Gasteiger partial charge is 0.369 e. The van der Waals surface area contributed by atoms with Crippen molar-refractivity contribution in [2.45, 2.75) is 12.8 Å². The molecule has 1 aliphatic rings. The van der Waals surface area contributed by atoms with Gasteiger partial charge in [-0.05, 0) is 30.5 Å². The van der Waals surface area contributed by atoms with Crippen LogP contribution in [-0.4, -0.2) is 48.5 Å². The molecule has 5 heteroatoms. The van der Waals surface area contributed by atoms with Crippen molar-refractivity contribution < 1.29 is 4.79 Å². The van der Waals surface area contributed by atoms with Crippen molar-refractivity contribution in [1.82, 2.24) is 15.2 Å². The van der Waals surface area contributed by atoms with E-state index in [1.165, 1.54) is 5.56 Å². The van der Waals surface area contributed by atoms with Gasteiger partial charge in [0.05, 0.1) is 6.54 Å². The second-order valence-corrected chi connectivity index (χ2v) is 5.99. The highest BCUT2D eigenvalue weighted by Gasteiger charge is 2.16. The zero-order chi connectivity index (χ0) is 16.6. The smallest absolute Gasteiger partial charge is 0.236 e. The van der Waals surface area contributed by atoms with E-state index in [0.717, 1.165) is 50.4 Å². The van der Waals surface area contributed by atoms with Gasteiger partial charge in [0.25, 0.3) is 0 Å². The summed E-state index contributed by atoms with van der Waals surface area (Å²) in [6, 6.07) is 14.3. The van der Waals surface area contributed by atoms with Crippen LogP contribution in [0.1, 0.15) is 12.8 Å². The van der Waals surface area contributed by atoms with Crippen LogP contribution in [0.3, 0.4) is 0 Å².